The molecule has 2 bridgehead atoms. The molecule has 1 N–H and O–H groups in total. The minimum Gasteiger partial charge on any atom is -0.480 e. The summed E-state index contributed by atoms with van der Waals surface area (Å²) in [5.74, 6) is -0.463. The molecule has 0 aliphatic heterocycles. The molecule has 0 saturated heterocycles. The van der Waals surface area contributed by atoms with E-state index in [9.17, 15) is 9.59 Å². The Labute approximate surface area is 113 Å². The molecule has 3 atom stereocenters. The largest absolute Gasteiger partial charge is 0.480 e. The number of carbonyl (C=O) groups excluding carboxylic acids is 1. The standard InChI is InChI=1S/C15H22O4/c1-14(2,12(16)17)13(18)19-15(3,4)11-8-9-5-6-10(11)7-9/h5-6,9-11H,7-8H2,1-4H3,(H,16,17). The third kappa shape index (κ3) is 2.40. The van der Waals surface area contributed by atoms with Gasteiger partial charge >= 0.3 is 11.9 Å². The van der Waals surface area contributed by atoms with Gasteiger partial charge in [-0.2, -0.15) is 0 Å². The van der Waals surface area contributed by atoms with Crippen LogP contribution in [0.5, 0.6) is 0 Å². The molecule has 0 aromatic rings. The fourth-order valence-electron chi connectivity index (χ4n) is 3.11. The summed E-state index contributed by atoms with van der Waals surface area (Å²) in [5.41, 5.74) is -2.11. The summed E-state index contributed by atoms with van der Waals surface area (Å²) in [5, 5.41) is 9.07. The maximum absolute atomic E-state index is 12.1. The normalized spacial score (nSPS) is 29.6. The van der Waals surface area contributed by atoms with Crippen LogP contribution in [0.1, 0.15) is 40.5 Å². The van der Waals surface area contributed by atoms with Crippen LogP contribution < -0.4 is 0 Å². The van der Waals surface area contributed by atoms with Gasteiger partial charge in [0.05, 0.1) is 0 Å². The highest BCUT2D eigenvalue weighted by atomic mass is 16.6. The van der Waals surface area contributed by atoms with E-state index in [1.165, 1.54) is 13.8 Å². The molecular formula is C15H22O4. The lowest BCUT2D eigenvalue weighted by Gasteiger charge is -2.37. The van der Waals surface area contributed by atoms with Crippen LogP contribution >= 0.6 is 0 Å². The molecule has 1 fully saturated rings. The van der Waals surface area contributed by atoms with Crippen molar-refractivity contribution in [2.24, 2.45) is 23.2 Å². The van der Waals surface area contributed by atoms with E-state index in [0.29, 0.717) is 11.8 Å². The Hall–Kier alpha value is -1.32. The summed E-state index contributed by atoms with van der Waals surface area (Å²) in [6.45, 7) is 6.55. The molecule has 3 unspecified atom stereocenters. The highest BCUT2D eigenvalue weighted by Crippen LogP contribution is 2.49. The van der Waals surface area contributed by atoms with Gasteiger partial charge in [0.25, 0.3) is 0 Å². The Morgan fingerprint density at radius 2 is 1.79 bits per heavy atom. The molecule has 106 valence electrons. The van der Waals surface area contributed by atoms with Crippen molar-refractivity contribution in [1.29, 1.82) is 0 Å². The van der Waals surface area contributed by atoms with Crippen LogP contribution in [-0.2, 0) is 14.3 Å². The molecule has 2 aliphatic rings. The van der Waals surface area contributed by atoms with Crippen molar-refractivity contribution >= 4 is 11.9 Å². The van der Waals surface area contributed by atoms with Crippen LogP contribution in [0.25, 0.3) is 0 Å². The van der Waals surface area contributed by atoms with Crippen LogP contribution in [0.2, 0.25) is 0 Å². The number of rotatable bonds is 4. The summed E-state index contributed by atoms with van der Waals surface area (Å²) >= 11 is 0. The summed E-state index contributed by atoms with van der Waals surface area (Å²) in [4.78, 5) is 23.1. The third-order valence-electron chi connectivity index (χ3n) is 4.57. The van der Waals surface area contributed by atoms with Crippen LogP contribution in [0, 0.1) is 23.2 Å². The average Bonchev–Trinajstić information content (AvgIpc) is 2.89. The maximum Gasteiger partial charge on any atom is 0.323 e. The number of fused-ring (bicyclic) bond motifs is 2. The number of hydrogen-bond donors (Lipinski definition) is 1. The average molecular weight is 266 g/mol. The SMILES string of the molecule is CC(C)(C(=O)O)C(=O)OC(C)(C)C1CC2C=CC1C2. The number of esters is 1. The second-order valence-corrected chi connectivity index (χ2v) is 6.81. The zero-order chi connectivity index (χ0) is 14.4. The predicted molar refractivity (Wildman–Crippen MR) is 70.4 cm³/mol. The number of carboxylic acid groups (broad SMARTS) is 1. The number of carbonyl (C=O) groups is 2. The molecule has 19 heavy (non-hydrogen) atoms. The highest BCUT2D eigenvalue weighted by Gasteiger charge is 2.48. The first-order chi connectivity index (χ1) is 8.64. The van der Waals surface area contributed by atoms with Gasteiger partial charge in [0, 0.05) is 5.92 Å². The third-order valence-corrected chi connectivity index (χ3v) is 4.57. The molecule has 0 radical (unpaired) electrons. The second kappa shape index (κ2) is 4.36. The van der Waals surface area contributed by atoms with E-state index in [4.69, 9.17) is 9.84 Å². The van der Waals surface area contributed by atoms with Crippen molar-refractivity contribution in [2.75, 3.05) is 0 Å². The zero-order valence-corrected chi connectivity index (χ0v) is 12.0. The van der Waals surface area contributed by atoms with Gasteiger partial charge in [0.15, 0.2) is 5.41 Å². The first-order valence-corrected chi connectivity index (χ1v) is 6.80. The lowest BCUT2D eigenvalue weighted by Crippen LogP contribution is -2.44. The minimum atomic E-state index is -1.50. The van der Waals surface area contributed by atoms with Crippen molar-refractivity contribution in [3.63, 3.8) is 0 Å². The number of carboxylic acids is 1. The van der Waals surface area contributed by atoms with E-state index in [-0.39, 0.29) is 5.92 Å². The van der Waals surface area contributed by atoms with Crippen molar-refractivity contribution in [2.45, 2.75) is 46.1 Å². The summed E-state index contributed by atoms with van der Waals surface area (Å²) in [6.07, 6.45) is 6.60. The summed E-state index contributed by atoms with van der Waals surface area (Å²) < 4.78 is 5.55. The Morgan fingerprint density at radius 1 is 1.16 bits per heavy atom. The predicted octanol–water partition coefficient (Wildman–Crippen LogP) is 2.63. The van der Waals surface area contributed by atoms with E-state index < -0.39 is 23.0 Å². The fraction of sp³-hybridized carbons (Fsp3) is 0.733. The first kappa shape index (κ1) is 14.1. The van der Waals surface area contributed by atoms with Gasteiger partial charge in [-0.15, -0.1) is 0 Å². The van der Waals surface area contributed by atoms with Gasteiger partial charge in [0.2, 0.25) is 0 Å². The topological polar surface area (TPSA) is 63.6 Å². The van der Waals surface area contributed by atoms with Crippen molar-refractivity contribution in [3.8, 4) is 0 Å². The van der Waals surface area contributed by atoms with E-state index in [1.807, 2.05) is 13.8 Å². The molecule has 0 heterocycles. The van der Waals surface area contributed by atoms with E-state index >= 15 is 0 Å². The Kier molecular flexibility index (Phi) is 3.23. The zero-order valence-electron chi connectivity index (χ0n) is 12.0. The first-order valence-electron chi connectivity index (χ1n) is 6.80. The summed E-state index contributed by atoms with van der Waals surface area (Å²) in [7, 11) is 0. The Morgan fingerprint density at radius 3 is 2.21 bits per heavy atom. The molecule has 0 aromatic carbocycles. The highest BCUT2D eigenvalue weighted by molar-refractivity contribution is 5.98. The fourth-order valence-corrected chi connectivity index (χ4v) is 3.11. The van der Waals surface area contributed by atoms with Gasteiger partial charge in [-0.05, 0) is 52.4 Å². The Balaban J connectivity index is 2.08. The molecule has 2 rings (SSSR count). The van der Waals surface area contributed by atoms with Crippen LogP contribution in [0.15, 0.2) is 12.2 Å². The number of hydrogen-bond acceptors (Lipinski definition) is 3. The smallest absolute Gasteiger partial charge is 0.323 e. The van der Waals surface area contributed by atoms with E-state index in [0.717, 1.165) is 12.8 Å². The number of allylic oxidation sites excluding steroid dienone is 2. The number of aliphatic carboxylic acids is 1. The van der Waals surface area contributed by atoms with Gasteiger partial charge in [-0.1, -0.05) is 12.2 Å². The van der Waals surface area contributed by atoms with Gasteiger partial charge in [0.1, 0.15) is 5.60 Å². The minimum absolute atomic E-state index is 0.288. The molecule has 0 amide bonds. The molecule has 4 heteroatoms. The quantitative estimate of drug-likeness (QED) is 0.482. The van der Waals surface area contributed by atoms with Gasteiger partial charge in [-0.25, -0.2) is 0 Å². The molecule has 0 spiro atoms. The van der Waals surface area contributed by atoms with Crippen LogP contribution in [0.4, 0.5) is 0 Å². The van der Waals surface area contributed by atoms with Crippen LogP contribution in [-0.4, -0.2) is 22.6 Å². The Bertz CT molecular complexity index is 433. The van der Waals surface area contributed by atoms with Crippen molar-refractivity contribution in [1.82, 2.24) is 0 Å². The molecule has 0 aromatic heterocycles. The molecular weight excluding hydrogens is 244 g/mol. The summed E-state index contributed by atoms with van der Waals surface area (Å²) in [6, 6.07) is 0. The maximum atomic E-state index is 12.1. The molecule has 4 nitrogen and oxygen atoms in total. The van der Waals surface area contributed by atoms with E-state index in [2.05, 4.69) is 12.2 Å². The lowest BCUT2D eigenvalue weighted by atomic mass is 9.80. The van der Waals surface area contributed by atoms with E-state index in [1.54, 1.807) is 0 Å². The van der Waals surface area contributed by atoms with Crippen molar-refractivity contribution in [3.05, 3.63) is 12.2 Å². The molecule has 2 aliphatic carbocycles. The van der Waals surface area contributed by atoms with Crippen LogP contribution in [0.3, 0.4) is 0 Å². The van der Waals surface area contributed by atoms with Gasteiger partial charge in [-0.3, -0.25) is 9.59 Å². The monoisotopic (exact) mass is 266 g/mol. The second-order valence-electron chi connectivity index (χ2n) is 6.81. The molecule has 1 saturated carbocycles. The van der Waals surface area contributed by atoms with Gasteiger partial charge < -0.3 is 9.84 Å². The van der Waals surface area contributed by atoms with Crippen molar-refractivity contribution < 1.29 is 19.4 Å². The number of ether oxygens (including phenoxy) is 1. The lowest BCUT2D eigenvalue weighted by molar-refractivity contribution is -0.180.